The summed E-state index contributed by atoms with van der Waals surface area (Å²) in [5.74, 6) is 0.914. The minimum atomic E-state index is 0.0724. The number of carbonyl (C=O) groups is 1. The van der Waals surface area contributed by atoms with Crippen molar-refractivity contribution in [3.05, 3.63) is 52.9 Å². The molecule has 2 aliphatic rings. The van der Waals surface area contributed by atoms with Gasteiger partial charge >= 0.3 is 0 Å². The lowest BCUT2D eigenvalue weighted by atomic mass is 9.96. The van der Waals surface area contributed by atoms with Crippen LogP contribution in [0.1, 0.15) is 42.1 Å². The Morgan fingerprint density at radius 3 is 3.04 bits per heavy atom. The Hall–Kier alpha value is -2.56. The molecule has 1 aromatic heterocycles. The lowest BCUT2D eigenvalue weighted by Crippen LogP contribution is -2.40. The predicted molar refractivity (Wildman–Crippen MR) is 91.5 cm³/mol. The molecule has 0 saturated carbocycles. The molecule has 4 rings (SSSR count). The Bertz CT molecular complexity index is 793. The summed E-state index contributed by atoms with van der Waals surface area (Å²) in [5.41, 5.74) is 3.86. The van der Waals surface area contributed by atoms with Crippen molar-refractivity contribution < 1.29 is 9.53 Å². The van der Waals surface area contributed by atoms with Crippen molar-refractivity contribution >= 4 is 12.0 Å². The van der Waals surface area contributed by atoms with Gasteiger partial charge in [0.05, 0.1) is 23.5 Å². The zero-order valence-electron chi connectivity index (χ0n) is 13.8. The number of nitrogens with one attached hydrogen (secondary N) is 1. The molecule has 0 spiro atoms. The first kappa shape index (κ1) is 15.0. The highest BCUT2D eigenvalue weighted by Gasteiger charge is 2.32. The highest BCUT2D eigenvalue weighted by molar-refractivity contribution is 5.99. The number of benzene rings is 1. The Morgan fingerprint density at radius 2 is 2.21 bits per heavy atom. The monoisotopic (exact) mass is 323 g/mol. The minimum Gasteiger partial charge on any atom is -0.488 e. The van der Waals surface area contributed by atoms with E-state index in [0.717, 1.165) is 54.0 Å². The molecule has 1 aromatic carbocycles. The zero-order chi connectivity index (χ0) is 16.5. The molecule has 124 valence electrons. The SMILES string of the molecule is Cc1cn[nH]c1[C@H]1CCCCN1C(=O)C1=Cc2ccccc2OC1. The van der Waals surface area contributed by atoms with Gasteiger partial charge in [-0.15, -0.1) is 0 Å². The number of para-hydroxylation sites is 1. The standard InChI is InChI=1S/C19H21N3O2/c1-13-11-20-21-18(13)16-7-4-5-9-22(16)19(23)15-10-14-6-2-3-8-17(14)24-12-15/h2-3,6,8,10-11,16H,4-5,7,9,12H2,1H3,(H,20,21)/t16-/m1/s1. The second kappa shape index (κ2) is 6.15. The van der Waals surface area contributed by atoms with Crippen molar-refractivity contribution in [3.8, 4) is 5.75 Å². The molecule has 5 nitrogen and oxygen atoms in total. The van der Waals surface area contributed by atoms with Crippen molar-refractivity contribution in [2.24, 2.45) is 0 Å². The number of hydrogen-bond donors (Lipinski definition) is 1. The molecule has 1 saturated heterocycles. The number of rotatable bonds is 2. The molecule has 0 bridgehead atoms. The van der Waals surface area contributed by atoms with Gasteiger partial charge in [-0.1, -0.05) is 18.2 Å². The maximum Gasteiger partial charge on any atom is 0.253 e. The number of aromatic nitrogens is 2. The van der Waals surface area contributed by atoms with Crippen LogP contribution in [0.5, 0.6) is 5.75 Å². The lowest BCUT2D eigenvalue weighted by Gasteiger charge is -2.36. The van der Waals surface area contributed by atoms with Gasteiger partial charge in [-0.3, -0.25) is 9.89 Å². The molecular weight excluding hydrogens is 302 g/mol. The molecule has 2 aliphatic heterocycles. The molecule has 0 unspecified atom stereocenters. The smallest absolute Gasteiger partial charge is 0.253 e. The van der Waals surface area contributed by atoms with Gasteiger partial charge in [0, 0.05) is 12.1 Å². The fourth-order valence-corrected chi connectivity index (χ4v) is 3.59. The summed E-state index contributed by atoms with van der Waals surface area (Å²) < 4.78 is 5.76. The lowest BCUT2D eigenvalue weighted by molar-refractivity contribution is -0.131. The molecule has 3 heterocycles. The number of piperidine rings is 1. The van der Waals surface area contributed by atoms with E-state index in [2.05, 4.69) is 10.2 Å². The number of likely N-dealkylation sites (tertiary alicyclic amines) is 1. The third-order valence-electron chi connectivity index (χ3n) is 4.87. The Labute approximate surface area is 141 Å². The van der Waals surface area contributed by atoms with Crippen molar-refractivity contribution in [3.63, 3.8) is 0 Å². The summed E-state index contributed by atoms with van der Waals surface area (Å²) in [5, 5.41) is 7.21. The van der Waals surface area contributed by atoms with Crippen molar-refractivity contribution in [1.82, 2.24) is 15.1 Å². The van der Waals surface area contributed by atoms with Crippen LogP contribution in [0.25, 0.3) is 6.08 Å². The van der Waals surface area contributed by atoms with E-state index >= 15 is 0 Å². The summed E-state index contributed by atoms with van der Waals surface area (Å²) in [4.78, 5) is 15.1. The van der Waals surface area contributed by atoms with E-state index in [1.807, 2.05) is 48.4 Å². The number of H-pyrrole nitrogens is 1. The van der Waals surface area contributed by atoms with Crippen molar-refractivity contribution in [2.75, 3.05) is 13.2 Å². The summed E-state index contributed by atoms with van der Waals surface area (Å²) in [6.45, 7) is 3.15. The molecule has 2 aromatic rings. The Balaban J connectivity index is 1.63. The predicted octanol–water partition coefficient (Wildman–Crippen LogP) is 3.25. The number of nitrogens with zero attached hydrogens (tertiary/aromatic N) is 2. The van der Waals surface area contributed by atoms with Gasteiger partial charge in [0.25, 0.3) is 5.91 Å². The summed E-state index contributed by atoms with van der Waals surface area (Å²) in [6.07, 6.45) is 6.93. The maximum absolute atomic E-state index is 13.1. The number of aryl methyl sites for hydroxylation is 1. The van der Waals surface area contributed by atoms with Gasteiger partial charge in [0.15, 0.2) is 0 Å². The number of hydrogen-bond acceptors (Lipinski definition) is 3. The average Bonchev–Trinajstić information content (AvgIpc) is 3.06. The molecule has 1 N–H and O–H groups in total. The Morgan fingerprint density at radius 1 is 1.33 bits per heavy atom. The van der Waals surface area contributed by atoms with E-state index in [1.54, 1.807) is 0 Å². The van der Waals surface area contributed by atoms with E-state index in [1.165, 1.54) is 0 Å². The highest BCUT2D eigenvalue weighted by atomic mass is 16.5. The highest BCUT2D eigenvalue weighted by Crippen LogP contribution is 2.34. The van der Waals surface area contributed by atoms with Crippen LogP contribution in [0, 0.1) is 6.92 Å². The number of carbonyl (C=O) groups excluding carboxylic acids is 1. The van der Waals surface area contributed by atoms with Gasteiger partial charge in [0.2, 0.25) is 0 Å². The van der Waals surface area contributed by atoms with Gasteiger partial charge in [0.1, 0.15) is 12.4 Å². The summed E-state index contributed by atoms with van der Waals surface area (Å²) in [7, 11) is 0. The van der Waals surface area contributed by atoms with Crippen LogP contribution in [-0.2, 0) is 4.79 Å². The van der Waals surface area contributed by atoms with E-state index in [9.17, 15) is 4.79 Å². The third-order valence-corrected chi connectivity index (χ3v) is 4.87. The van der Waals surface area contributed by atoms with E-state index in [4.69, 9.17) is 4.74 Å². The molecule has 1 amide bonds. The van der Waals surface area contributed by atoms with Gasteiger partial charge in [-0.25, -0.2) is 0 Å². The van der Waals surface area contributed by atoms with Gasteiger partial charge < -0.3 is 9.64 Å². The Kier molecular flexibility index (Phi) is 3.84. The average molecular weight is 323 g/mol. The van der Waals surface area contributed by atoms with Crippen LogP contribution in [0.2, 0.25) is 0 Å². The second-order valence-corrected chi connectivity index (χ2v) is 6.47. The minimum absolute atomic E-state index is 0.0724. The quantitative estimate of drug-likeness (QED) is 0.923. The molecule has 24 heavy (non-hydrogen) atoms. The zero-order valence-corrected chi connectivity index (χ0v) is 13.8. The first-order chi connectivity index (χ1) is 11.7. The fourth-order valence-electron chi connectivity index (χ4n) is 3.59. The van der Waals surface area contributed by atoms with E-state index < -0.39 is 0 Å². The van der Waals surface area contributed by atoms with Crippen molar-refractivity contribution in [2.45, 2.75) is 32.2 Å². The van der Waals surface area contributed by atoms with E-state index in [0.29, 0.717) is 6.61 Å². The van der Waals surface area contributed by atoms with Gasteiger partial charge in [-0.2, -0.15) is 5.10 Å². The van der Waals surface area contributed by atoms with Gasteiger partial charge in [-0.05, 0) is 43.9 Å². The summed E-state index contributed by atoms with van der Waals surface area (Å²) >= 11 is 0. The van der Waals surface area contributed by atoms with Crippen LogP contribution in [0.15, 0.2) is 36.0 Å². The molecular formula is C19H21N3O2. The summed E-state index contributed by atoms with van der Waals surface area (Å²) in [6, 6.07) is 7.90. The largest absolute Gasteiger partial charge is 0.488 e. The first-order valence-electron chi connectivity index (χ1n) is 8.47. The topological polar surface area (TPSA) is 58.2 Å². The van der Waals surface area contributed by atoms with Crippen LogP contribution in [0.4, 0.5) is 0 Å². The molecule has 1 atom stereocenters. The number of fused-ring (bicyclic) bond motifs is 1. The molecule has 1 fully saturated rings. The normalized spacial score (nSPS) is 20.1. The van der Waals surface area contributed by atoms with Crippen LogP contribution in [-0.4, -0.2) is 34.2 Å². The molecule has 0 aliphatic carbocycles. The van der Waals surface area contributed by atoms with E-state index in [-0.39, 0.29) is 11.9 Å². The molecule has 0 radical (unpaired) electrons. The number of ether oxygens (including phenoxy) is 1. The fraction of sp³-hybridized carbons (Fsp3) is 0.368. The third kappa shape index (κ3) is 2.60. The van der Waals surface area contributed by atoms with Crippen LogP contribution in [0.3, 0.4) is 0 Å². The van der Waals surface area contributed by atoms with Crippen LogP contribution < -0.4 is 4.74 Å². The van der Waals surface area contributed by atoms with Crippen molar-refractivity contribution in [1.29, 1.82) is 0 Å². The van der Waals surface area contributed by atoms with Crippen LogP contribution >= 0.6 is 0 Å². The maximum atomic E-state index is 13.1. The molecule has 5 heteroatoms. The second-order valence-electron chi connectivity index (χ2n) is 6.47. The number of amides is 1. The first-order valence-corrected chi connectivity index (χ1v) is 8.47. The number of aromatic amines is 1.